The van der Waals surface area contributed by atoms with Gasteiger partial charge in [0.25, 0.3) is 5.91 Å². The normalized spacial score (nSPS) is 31.5. The first-order valence-electron chi connectivity index (χ1n) is 9.27. The summed E-state index contributed by atoms with van der Waals surface area (Å²) in [6, 6.07) is 2.27. The van der Waals surface area contributed by atoms with Crippen LogP contribution in [-0.4, -0.2) is 57.3 Å². The van der Waals surface area contributed by atoms with Gasteiger partial charge in [0.2, 0.25) is 5.91 Å². The fourth-order valence-corrected chi connectivity index (χ4v) is 4.88. The molecule has 3 unspecified atom stereocenters. The second-order valence-electron chi connectivity index (χ2n) is 7.96. The minimum absolute atomic E-state index is 0.0913. The zero-order valence-electron chi connectivity index (χ0n) is 15.1. The van der Waals surface area contributed by atoms with Crippen molar-refractivity contribution in [1.29, 1.82) is 5.26 Å². The minimum Gasteiger partial charge on any atom is -0.334 e. The van der Waals surface area contributed by atoms with E-state index < -0.39 is 6.04 Å². The van der Waals surface area contributed by atoms with E-state index in [4.69, 9.17) is 5.26 Å². The van der Waals surface area contributed by atoms with Crippen LogP contribution in [-0.2, 0) is 9.59 Å². The van der Waals surface area contributed by atoms with Crippen molar-refractivity contribution < 1.29 is 14.4 Å². The number of nitrogens with zero attached hydrogens (tertiary/aromatic N) is 5. The van der Waals surface area contributed by atoms with Crippen molar-refractivity contribution in [2.45, 2.75) is 44.8 Å². The molecule has 1 aromatic heterocycles. The van der Waals surface area contributed by atoms with Crippen LogP contribution >= 0.6 is 0 Å². The Hall–Kier alpha value is -2.95. The molecular weight excluding hydrogens is 346 g/mol. The predicted octanol–water partition coefficient (Wildman–Crippen LogP) is 1.04. The average Bonchev–Trinajstić information content (AvgIpc) is 3.35. The summed E-state index contributed by atoms with van der Waals surface area (Å²) >= 11 is 0. The molecule has 1 aromatic rings. The molecule has 5 rings (SSSR count). The first-order valence-corrected chi connectivity index (χ1v) is 9.27. The van der Waals surface area contributed by atoms with Crippen LogP contribution in [0.5, 0.6) is 0 Å². The van der Waals surface area contributed by atoms with Crippen molar-refractivity contribution in [3.05, 3.63) is 23.5 Å². The van der Waals surface area contributed by atoms with Crippen LogP contribution in [0.3, 0.4) is 0 Å². The van der Waals surface area contributed by atoms with Gasteiger partial charge in [-0.05, 0) is 31.4 Å². The number of likely N-dealkylation sites (tertiary alicyclic amines) is 1. The van der Waals surface area contributed by atoms with Crippen molar-refractivity contribution in [1.82, 2.24) is 14.8 Å². The summed E-state index contributed by atoms with van der Waals surface area (Å²) in [6.07, 6.45) is 3.23. The first kappa shape index (κ1) is 16.2. The predicted molar refractivity (Wildman–Crippen MR) is 93.4 cm³/mol. The number of nitriles is 1. The Morgan fingerprint density at radius 2 is 2.07 bits per heavy atom. The van der Waals surface area contributed by atoms with Crippen molar-refractivity contribution in [2.75, 3.05) is 11.4 Å². The zero-order valence-corrected chi connectivity index (χ0v) is 15.1. The van der Waals surface area contributed by atoms with Gasteiger partial charge in [0.05, 0.1) is 24.0 Å². The number of carbonyl (C=O) groups is 3. The molecule has 4 aliphatic rings. The number of rotatable bonds is 2. The van der Waals surface area contributed by atoms with Crippen LogP contribution < -0.4 is 4.90 Å². The molecule has 1 aliphatic carbocycles. The highest BCUT2D eigenvalue weighted by Crippen LogP contribution is 2.47. The van der Waals surface area contributed by atoms with Gasteiger partial charge in [-0.25, -0.2) is 14.7 Å². The van der Waals surface area contributed by atoms with Gasteiger partial charge in [0.1, 0.15) is 17.8 Å². The summed E-state index contributed by atoms with van der Waals surface area (Å²) in [4.78, 5) is 47.6. The number of piperazine rings is 1. The molecule has 3 saturated heterocycles. The molecule has 3 aliphatic heterocycles. The van der Waals surface area contributed by atoms with E-state index in [-0.39, 0.29) is 47.5 Å². The maximum atomic E-state index is 13.2. The van der Waals surface area contributed by atoms with Gasteiger partial charge in [-0.1, -0.05) is 6.92 Å². The summed E-state index contributed by atoms with van der Waals surface area (Å²) < 4.78 is 0. The number of pyridine rings is 1. The largest absolute Gasteiger partial charge is 0.334 e. The fraction of sp³-hybridized carbons (Fsp3) is 0.526. The van der Waals surface area contributed by atoms with Gasteiger partial charge in [0, 0.05) is 18.4 Å². The Kier molecular flexibility index (Phi) is 3.18. The molecule has 4 amide bonds. The monoisotopic (exact) mass is 365 g/mol. The van der Waals surface area contributed by atoms with Crippen LogP contribution in [0.1, 0.15) is 31.0 Å². The van der Waals surface area contributed by atoms with E-state index in [0.29, 0.717) is 17.8 Å². The number of fused-ring (bicyclic) bond motifs is 5. The summed E-state index contributed by atoms with van der Waals surface area (Å²) in [6.45, 7) is 4.25. The molecule has 138 valence electrons. The minimum atomic E-state index is -0.620. The smallest absolute Gasteiger partial charge is 0.332 e. The lowest BCUT2D eigenvalue weighted by atomic mass is 9.99. The first-order chi connectivity index (χ1) is 12.9. The second kappa shape index (κ2) is 5.28. The van der Waals surface area contributed by atoms with E-state index >= 15 is 0 Å². The van der Waals surface area contributed by atoms with Gasteiger partial charge >= 0.3 is 6.03 Å². The van der Waals surface area contributed by atoms with Crippen molar-refractivity contribution in [3.63, 3.8) is 0 Å². The maximum Gasteiger partial charge on any atom is 0.332 e. The summed E-state index contributed by atoms with van der Waals surface area (Å²) in [5.74, 6) is 0.00870. The standard InChI is InChI=1S/C19H19N5O3/c1-9-5-12(7-21-13(9)6-20)23-18(26)16-15-10(2)14(24(16)19(23)27)8-22(15)17(25)11-3-4-11/h5,7,10-11,14-16H,3-4,8H2,1-2H3/t10-,14?,15?,16?/m0/s1. The Balaban J connectivity index is 1.49. The third kappa shape index (κ3) is 2.02. The van der Waals surface area contributed by atoms with Crippen molar-refractivity contribution in [2.24, 2.45) is 11.8 Å². The van der Waals surface area contributed by atoms with Gasteiger partial charge in [-0.15, -0.1) is 0 Å². The van der Waals surface area contributed by atoms with Crippen molar-refractivity contribution >= 4 is 23.5 Å². The number of hydrogen-bond donors (Lipinski definition) is 0. The molecule has 8 heteroatoms. The maximum absolute atomic E-state index is 13.2. The molecule has 0 spiro atoms. The van der Waals surface area contributed by atoms with Gasteiger partial charge < -0.3 is 9.80 Å². The van der Waals surface area contributed by atoms with E-state index in [1.807, 2.05) is 17.9 Å². The molecule has 4 heterocycles. The summed E-state index contributed by atoms with van der Waals surface area (Å²) in [5.41, 5.74) is 1.26. The molecule has 0 N–H and O–H groups in total. The average molecular weight is 365 g/mol. The molecule has 0 radical (unpaired) electrons. The number of anilines is 1. The summed E-state index contributed by atoms with van der Waals surface area (Å²) in [7, 11) is 0. The number of hydrogen-bond acceptors (Lipinski definition) is 5. The van der Waals surface area contributed by atoms with Crippen LogP contribution in [0.25, 0.3) is 0 Å². The van der Waals surface area contributed by atoms with E-state index in [9.17, 15) is 14.4 Å². The lowest BCUT2D eigenvalue weighted by molar-refractivity contribution is -0.137. The van der Waals surface area contributed by atoms with E-state index in [0.717, 1.165) is 17.7 Å². The highest BCUT2D eigenvalue weighted by Gasteiger charge is 2.66. The van der Waals surface area contributed by atoms with E-state index in [1.54, 1.807) is 17.9 Å². The number of imide groups is 1. The Morgan fingerprint density at radius 1 is 1.33 bits per heavy atom. The third-order valence-electron chi connectivity index (χ3n) is 6.39. The number of amides is 4. The lowest BCUT2D eigenvalue weighted by Crippen LogP contribution is -2.55. The molecule has 4 fully saturated rings. The van der Waals surface area contributed by atoms with E-state index in [1.165, 1.54) is 6.20 Å². The highest BCUT2D eigenvalue weighted by molar-refractivity contribution is 6.22. The quantitative estimate of drug-likeness (QED) is 0.730. The molecule has 0 aromatic carbocycles. The summed E-state index contributed by atoms with van der Waals surface area (Å²) in [5, 5.41) is 9.04. The molecule has 1 saturated carbocycles. The molecule has 27 heavy (non-hydrogen) atoms. The van der Waals surface area contributed by atoms with Crippen molar-refractivity contribution in [3.8, 4) is 6.07 Å². The Labute approximate surface area is 156 Å². The lowest BCUT2D eigenvalue weighted by Gasteiger charge is -2.35. The molecule has 4 atom stereocenters. The molecule has 2 bridgehead atoms. The number of urea groups is 1. The van der Waals surface area contributed by atoms with Crippen LogP contribution in [0.15, 0.2) is 12.3 Å². The zero-order chi connectivity index (χ0) is 19.0. The number of carbonyl (C=O) groups excluding carboxylic acids is 3. The van der Waals surface area contributed by atoms with Crippen LogP contribution in [0.4, 0.5) is 10.5 Å². The SMILES string of the molecule is Cc1cc(N2C(=O)C3C4[C@@H](C)C(CN4C(=O)C4CC4)N3C2=O)cnc1C#N. The van der Waals surface area contributed by atoms with E-state index in [2.05, 4.69) is 4.98 Å². The van der Waals surface area contributed by atoms with Gasteiger partial charge in [-0.3, -0.25) is 9.59 Å². The molecular formula is C19H19N5O3. The van der Waals surface area contributed by atoms with Crippen LogP contribution in [0.2, 0.25) is 0 Å². The highest BCUT2D eigenvalue weighted by atomic mass is 16.2. The van der Waals surface area contributed by atoms with Gasteiger partial charge in [-0.2, -0.15) is 5.26 Å². The molecule has 8 nitrogen and oxygen atoms in total. The topological polar surface area (TPSA) is 97.6 Å². The third-order valence-corrected chi connectivity index (χ3v) is 6.39. The number of aryl methyl sites for hydroxylation is 1. The Bertz CT molecular complexity index is 934. The van der Waals surface area contributed by atoms with Crippen LogP contribution in [0, 0.1) is 30.1 Å². The Morgan fingerprint density at radius 3 is 2.70 bits per heavy atom. The fourth-order valence-electron chi connectivity index (χ4n) is 4.88. The number of aromatic nitrogens is 1. The van der Waals surface area contributed by atoms with Gasteiger partial charge in [0.15, 0.2) is 0 Å². The second-order valence-corrected chi connectivity index (χ2v) is 7.96.